The number of ether oxygens (including phenoxy) is 1. The summed E-state index contributed by atoms with van der Waals surface area (Å²) in [7, 11) is 1.66. The molecule has 8 heteroatoms. The highest BCUT2D eigenvalue weighted by Crippen LogP contribution is 2.31. The molecule has 0 spiro atoms. The van der Waals surface area contributed by atoms with E-state index in [1.165, 1.54) is 17.7 Å². The fraction of sp³-hybridized carbons (Fsp3) is 0.250. The SMILES string of the molecule is COc1ccc2[nH]cc(CN3CCc4nc(-c5ccc(C(F)(F)F)cc5)ncc4C3)c2c1. The Kier molecular flexibility index (Phi) is 5.09. The molecule has 1 aliphatic heterocycles. The van der Waals surface area contributed by atoms with Gasteiger partial charge < -0.3 is 9.72 Å². The van der Waals surface area contributed by atoms with E-state index >= 15 is 0 Å². The zero-order valence-corrected chi connectivity index (χ0v) is 17.4. The highest BCUT2D eigenvalue weighted by atomic mass is 19.4. The second kappa shape index (κ2) is 7.94. The van der Waals surface area contributed by atoms with Gasteiger partial charge in [0.05, 0.1) is 18.4 Å². The molecule has 1 N–H and O–H groups in total. The predicted octanol–water partition coefficient (Wildman–Crippen LogP) is 5.21. The van der Waals surface area contributed by atoms with Crippen molar-refractivity contribution in [2.45, 2.75) is 25.7 Å². The number of hydrogen-bond acceptors (Lipinski definition) is 4. The molecule has 0 radical (unpaired) electrons. The summed E-state index contributed by atoms with van der Waals surface area (Å²) in [5, 5.41) is 1.14. The van der Waals surface area contributed by atoms with E-state index in [0.717, 1.165) is 66.1 Å². The molecular formula is C24H21F3N4O. The number of nitrogens with one attached hydrogen (secondary N) is 1. The first-order valence-corrected chi connectivity index (χ1v) is 10.3. The van der Waals surface area contributed by atoms with Gasteiger partial charge in [0.15, 0.2) is 5.82 Å². The molecule has 0 amide bonds. The average Bonchev–Trinajstić information content (AvgIpc) is 3.20. The third-order valence-corrected chi connectivity index (χ3v) is 5.85. The van der Waals surface area contributed by atoms with Crippen LogP contribution in [0.3, 0.4) is 0 Å². The first kappa shape index (κ1) is 20.5. The van der Waals surface area contributed by atoms with Crippen molar-refractivity contribution in [3.8, 4) is 17.1 Å². The van der Waals surface area contributed by atoms with Crippen LogP contribution in [0.15, 0.2) is 54.9 Å². The van der Waals surface area contributed by atoms with Gasteiger partial charge in [-0.15, -0.1) is 0 Å². The molecule has 4 aromatic rings. The Bertz CT molecular complexity index is 1260. The van der Waals surface area contributed by atoms with Gasteiger partial charge in [0, 0.05) is 60.5 Å². The number of hydrogen-bond donors (Lipinski definition) is 1. The van der Waals surface area contributed by atoms with E-state index in [1.807, 2.05) is 24.4 Å². The summed E-state index contributed by atoms with van der Waals surface area (Å²) >= 11 is 0. The Morgan fingerprint density at radius 1 is 1.12 bits per heavy atom. The van der Waals surface area contributed by atoms with Crippen LogP contribution in [0.5, 0.6) is 5.75 Å². The zero-order valence-electron chi connectivity index (χ0n) is 17.4. The molecule has 32 heavy (non-hydrogen) atoms. The molecule has 1 aliphatic rings. The minimum absolute atomic E-state index is 0.453. The number of nitrogens with zero attached hydrogens (tertiary/aromatic N) is 3. The van der Waals surface area contributed by atoms with Gasteiger partial charge in [-0.1, -0.05) is 12.1 Å². The van der Waals surface area contributed by atoms with Crippen molar-refractivity contribution in [3.63, 3.8) is 0 Å². The smallest absolute Gasteiger partial charge is 0.416 e. The van der Waals surface area contributed by atoms with Crippen LogP contribution in [0.1, 0.15) is 22.4 Å². The van der Waals surface area contributed by atoms with Crippen molar-refractivity contribution in [1.82, 2.24) is 19.9 Å². The number of rotatable bonds is 4. The van der Waals surface area contributed by atoms with E-state index < -0.39 is 11.7 Å². The Hall–Kier alpha value is -3.39. The van der Waals surface area contributed by atoms with Gasteiger partial charge in [-0.25, -0.2) is 9.97 Å². The van der Waals surface area contributed by atoms with Gasteiger partial charge in [0.2, 0.25) is 0 Å². The van der Waals surface area contributed by atoms with Crippen molar-refractivity contribution in [2.75, 3.05) is 13.7 Å². The Labute approximate surface area is 182 Å². The molecule has 2 aromatic heterocycles. The van der Waals surface area contributed by atoms with E-state index in [9.17, 15) is 13.2 Å². The summed E-state index contributed by atoms with van der Waals surface area (Å²) < 4.78 is 43.8. The largest absolute Gasteiger partial charge is 0.497 e. The fourth-order valence-electron chi connectivity index (χ4n) is 4.11. The minimum Gasteiger partial charge on any atom is -0.497 e. The van der Waals surface area contributed by atoms with E-state index in [4.69, 9.17) is 4.74 Å². The van der Waals surface area contributed by atoms with Gasteiger partial charge in [-0.3, -0.25) is 4.90 Å². The Morgan fingerprint density at radius 3 is 2.69 bits per heavy atom. The monoisotopic (exact) mass is 438 g/mol. The summed E-state index contributed by atoms with van der Waals surface area (Å²) in [6.07, 6.45) is 0.232. The molecule has 0 unspecified atom stereocenters. The number of fused-ring (bicyclic) bond motifs is 2. The molecule has 0 atom stereocenters. The van der Waals surface area contributed by atoms with Crippen LogP contribution >= 0.6 is 0 Å². The number of alkyl halides is 3. The summed E-state index contributed by atoms with van der Waals surface area (Å²) in [6, 6.07) is 11.0. The molecule has 0 aliphatic carbocycles. The first-order valence-electron chi connectivity index (χ1n) is 10.3. The summed E-state index contributed by atoms with van der Waals surface area (Å²) in [6.45, 7) is 2.35. The summed E-state index contributed by atoms with van der Waals surface area (Å²) in [4.78, 5) is 14.7. The fourth-order valence-corrected chi connectivity index (χ4v) is 4.11. The van der Waals surface area contributed by atoms with Crippen molar-refractivity contribution in [2.24, 2.45) is 0 Å². The number of H-pyrrole nitrogens is 1. The Morgan fingerprint density at radius 2 is 1.94 bits per heavy atom. The van der Waals surface area contributed by atoms with Crippen LogP contribution in [-0.4, -0.2) is 33.5 Å². The maximum Gasteiger partial charge on any atom is 0.416 e. The highest BCUT2D eigenvalue weighted by Gasteiger charge is 2.30. The van der Waals surface area contributed by atoms with E-state index in [2.05, 4.69) is 19.9 Å². The van der Waals surface area contributed by atoms with Gasteiger partial charge in [0.25, 0.3) is 0 Å². The molecule has 3 heterocycles. The Balaban J connectivity index is 1.33. The number of methoxy groups -OCH3 is 1. The van der Waals surface area contributed by atoms with E-state index in [-0.39, 0.29) is 0 Å². The van der Waals surface area contributed by atoms with Crippen molar-refractivity contribution in [3.05, 3.63) is 77.2 Å². The third-order valence-electron chi connectivity index (χ3n) is 5.85. The van der Waals surface area contributed by atoms with Crippen LogP contribution in [0, 0.1) is 0 Å². The van der Waals surface area contributed by atoms with Crippen LogP contribution in [0.25, 0.3) is 22.3 Å². The quantitative estimate of drug-likeness (QED) is 0.475. The van der Waals surface area contributed by atoms with Gasteiger partial charge >= 0.3 is 6.18 Å². The maximum absolute atomic E-state index is 12.8. The lowest BCUT2D eigenvalue weighted by atomic mass is 10.0. The zero-order chi connectivity index (χ0) is 22.3. The van der Waals surface area contributed by atoms with Crippen LogP contribution < -0.4 is 4.74 Å². The van der Waals surface area contributed by atoms with Crippen molar-refractivity contribution < 1.29 is 17.9 Å². The van der Waals surface area contributed by atoms with Crippen molar-refractivity contribution in [1.29, 1.82) is 0 Å². The van der Waals surface area contributed by atoms with Gasteiger partial charge in [-0.05, 0) is 35.9 Å². The number of aromatic nitrogens is 3. The van der Waals surface area contributed by atoms with E-state index in [0.29, 0.717) is 11.4 Å². The second-order valence-electron chi connectivity index (χ2n) is 7.93. The van der Waals surface area contributed by atoms with Gasteiger partial charge in [0.1, 0.15) is 5.75 Å². The summed E-state index contributed by atoms with van der Waals surface area (Å²) in [5.41, 5.74) is 4.17. The van der Waals surface area contributed by atoms with Crippen molar-refractivity contribution >= 4 is 10.9 Å². The molecule has 0 saturated heterocycles. The summed E-state index contributed by atoms with van der Waals surface area (Å²) in [5.74, 6) is 1.28. The number of halogens is 3. The highest BCUT2D eigenvalue weighted by molar-refractivity contribution is 5.84. The van der Waals surface area contributed by atoms with Crippen LogP contribution in [0.4, 0.5) is 13.2 Å². The number of aromatic amines is 1. The normalized spacial score (nSPS) is 14.5. The van der Waals surface area contributed by atoms with Crippen LogP contribution in [-0.2, 0) is 25.7 Å². The topological polar surface area (TPSA) is 54.0 Å². The standard InChI is InChI=1S/C24H21F3N4O/c1-32-19-6-7-22-20(10-19)16(11-28-22)13-31-9-8-21-17(14-31)12-29-23(30-21)15-2-4-18(5-3-15)24(25,26)27/h2-7,10-12,28H,8-9,13-14H2,1H3. The predicted molar refractivity (Wildman–Crippen MR) is 115 cm³/mol. The molecule has 0 saturated carbocycles. The lowest BCUT2D eigenvalue weighted by molar-refractivity contribution is -0.137. The molecule has 0 bridgehead atoms. The molecule has 5 nitrogen and oxygen atoms in total. The third kappa shape index (κ3) is 3.93. The van der Waals surface area contributed by atoms with E-state index in [1.54, 1.807) is 13.3 Å². The average molecular weight is 438 g/mol. The molecule has 5 rings (SSSR count). The lowest BCUT2D eigenvalue weighted by Crippen LogP contribution is -2.30. The molecule has 2 aromatic carbocycles. The molecule has 164 valence electrons. The van der Waals surface area contributed by atoms with Gasteiger partial charge in [-0.2, -0.15) is 13.2 Å². The second-order valence-corrected chi connectivity index (χ2v) is 7.93. The number of benzene rings is 2. The molecular weight excluding hydrogens is 417 g/mol. The lowest BCUT2D eigenvalue weighted by Gasteiger charge is -2.28. The maximum atomic E-state index is 12.8. The molecule has 0 fully saturated rings. The first-order chi connectivity index (χ1) is 15.4. The minimum atomic E-state index is -4.35. The van der Waals surface area contributed by atoms with Crippen LogP contribution in [0.2, 0.25) is 0 Å².